The van der Waals surface area contributed by atoms with Crippen molar-refractivity contribution >= 4 is 23.5 Å². The van der Waals surface area contributed by atoms with Gasteiger partial charge >= 0.3 is 0 Å². The molecule has 1 aliphatic rings. The molecule has 1 aromatic carbocycles. The van der Waals surface area contributed by atoms with Gasteiger partial charge in [-0.2, -0.15) is 0 Å². The van der Waals surface area contributed by atoms with Gasteiger partial charge in [0, 0.05) is 49.5 Å². The first-order chi connectivity index (χ1) is 15.2. The molecule has 3 aromatic rings. The number of halogens is 1. The minimum atomic E-state index is -0.00951. The molecule has 1 amide bonds. The number of nitrogens with one attached hydrogen (secondary N) is 1. The van der Waals surface area contributed by atoms with Crippen LogP contribution >= 0.6 is 11.6 Å². The Labute approximate surface area is 186 Å². The molecule has 7 nitrogen and oxygen atoms in total. The van der Waals surface area contributed by atoms with Crippen molar-refractivity contribution in [1.29, 1.82) is 0 Å². The normalized spacial score (nSPS) is 15.8. The zero-order chi connectivity index (χ0) is 21.5. The number of rotatable bonds is 8. The van der Waals surface area contributed by atoms with Crippen LogP contribution in [-0.4, -0.2) is 43.8 Å². The minimum absolute atomic E-state index is 0.00951. The Morgan fingerprint density at radius 3 is 2.90 bits per heavy atom. The fraction of sp³-hybridized carbons (Fsp3) is 0.348. The highest BCUT2D eigenvalue weighted by atomic mass is 35.5. The van der Waals surface area contributed by atoms with Crippen molar-refractivity contribution in [3.8, 4) is 0 Å². The van der Waals surface area contributed by atoms with Crippen LogP contribution in [0.5, 0.6) is 0 Å². The minimum Gasteiger partial charge on any atom is -0.354 e. The average molecular weight is 437 g/mol. The molecule has 4 rings (SSSR count). The van der Waals surface area contributed by atoms with Crippen LogP contribution in [0, 0.1) is 0 Å². The number of amides is 1. The van der Waals surface area contributed by atoms with Crippen molar-refractivity contribution in [3.05, 3.63) is 77.1 Å². The number of carbonyl (C=O) groups is 1. The Hall–Kier alpha value is -3.06. The zero-order valence-corrected chi connectivity index (χ0v) is 18.0. The Bertz CT molecular complexity index is 1020. The standard InChI is InChI=1S/C23H25ClN6O/c24-18-6-1-5-17(13-18)14-19-15-25-16-20(29-19)21-7-3-12-30(21)22(31)8-2-9-26-23-27-10-4-11-28-23/h1,4-6,10-11,13,15-16,21H,2-3,7-9,12,14H2,(H,26,27,28). The van der Waals surface area contributed by atoms with Gasteiger partial charge in [-0.15, -0.1) is 0 Å². The van der Waals surface area contributed by atoms with Crippen molar-refractivity contribution in [2.45, 2.75) is 38.1 Å². The molecule has 3 heterocycles. The SMILES string of the molecule is O=C(CCCNc1ncccn1)N1CCCC1c1cncc(Cc2cccc(Cl)c2)n1. The van der Waals surface area contributed by atoms with Gasteiger partial charge in [0.05, 0.1) is 23.6 Å². The monoisotopic (exact) mass is 436 g/mol. The largest absolute Gasteiger partial charge is 0.354 e. The summed E-state index contributed by atoms with van der Waals surface area (Å²) in [5.74, 6) is 0.737. The molecule has 2 aromatic heterocycles. The summed E-state index contributed by atoms with van der Waals surface area (Å²) < 4.78 is 0. The van der Waals surface area contributed by atoms with Crippen LogP contribution in [0.15, 0.2) is 55.1 Å². The number of hydrogen-bond acceptors (Lipinski definition) is 6. The third-order valence-electron chi connectivity index (χ3n) is 5.31. The van der Waals surface area contributed by atoms with Gasteiger partial charge in [0.15, 0.2) is 0 Å². The highest BCUT2D eigenvalue weighted by molar-refractivity contribution is 6.30. The van der Waals surface area contributed by atoms with Crippen molar-refractivity contribution in [2.24, 2.45) is 0 Å². The van der Waals surface area contributed by atoms with E-state index in [0.29, 0.717) is 30.4 Å². The smallest absolute Gasteiger partial charge is 0.223 e. The summed E-state index contributed by atoms with van der Waals surface area (Å²) in [5, 5.41) is 3.85. The number of benzene rings is 1. The van der Waals surface area contributed by atoms with Gasteiger partial charge in [-0.3, -0.25) is 14.8 Å². The lowest BCUT2D eigenvalue weighted by Gasteiger charge is -2.24. The first kappa shape index (κ1) is 21.2. The number of likely N-dealkylation sites (tertiary alicyclic amines) is 1. The summed E-state index contributed by atoms with van der Waals surface area (Å²) in [7, 11) is 0. The van der Waals surface area contributed by atoms with E-state index in [9.17, 15) is 4.79 Å². The number of hydrogen-bond donors (Lipinski definition) is 1. The molecule has 1 fully saturated rings. The predicted molar refractivity (Wildman–Crippen MR) is 120 cm³/mol. The van der Waals surface area contributed by atoms with Gasteiger partial charge in [-0.1, -0.05) is 23.7 Å². The van der Waals surface area contributed by atoms with E-state index in [1.54, 1.807) is 30.9 Å². The van der Waals surface area contributed by atoms with Gasteiger partial charge < -0.3 is 10.2 Å². The Balaban J connectivity index is 1.34. The van der Waals surface area contributed by atoms with Gasteiger partial charge in [-0.05, 0) is 43.0 Å². The molecule has 0 saturated carbocycles. The lowest BCUT2D eigenvalue weighted by Crippen LogP contribution is -2.31. The molecule has 0 radical (unpaired) electrons. The van der Waals surface area contributed by atoms with Crippen LogP contribution < -0.4 is 5.32 Å². The fourth-order valence-corrected chi connectivity index (χ4v) is 4.08. The van der Waals surface area contributed by atoms with E-state index in [4.69, 9.17) is 16.6 Å². The first-order valence-electron chi connectivity index (χ1n) is 10.5. The summed E-state index contributed by atoms with van der Waals surface area (Å²) in [6, 6.07) is 9.53. The van der Waals surface area contributed by atoms with E-state index in [-0.39, 0.29) is 11.9 Å². The molecule has 1 unspecified atom stereocenters. The quantitative estimate of drug-likeness (QED) is 0.536. The number of aromatic nitrogens is 4. The maximum absolute atomic E-state index is 12.9. The molecular weight excluding hydrogens is 412 g/mol. The van der Waals surface area contributed by atoms with E-state index in [1.165, 1.54) is 0 Å². The summed E-state index contributed by atoms with van der Waals surface area (Å²) in [5.41, 5.74) is 2.83. The molecular formula is C23H25ClN6O. The summed E-state index contributed by atoms with van der Waals surface area (Å²) in [6.07, 6.45) is 10.7. The lowest BCUT2D eigenvalue weighted by molar-refractivity contribution is -0.132. The van der Waals surface area contributed by atoms with Crippen LogP contribution in [0.1, 0.15) is 48.7 Å². The van der Waals surface area contributed by atoms with E-state index < -0.39 is 0 Å². The van der Waals surface area contributed by atoms with Crippen molar-refractivity contribution in [2.75, 3.05) is 18.4 Å². The maximum Gasteiger partial charge on any atom is 0.223 e. The molecule has 0 aliphatic carbocycles. The second kappa shape index (κ2) is 10.3. The van der Waals surface area contributed by atoms with E-state index >= 15 is 0 Å². The molecule has 0 spiro atoms. The highest BCUT2D eigenvalue weighted by Gasteiger charge is 2.30. The molecule has 1 saturated heterocycles. The second-order valence-electron chi connectivity index (χ2n) is 7.59. The molecule has 31 heavy (non-hydrogen) atoms. The second-order valence-corrected chi connectivity index (χ2v) is 8.03. The lowest BCUT2D eigenvalue weighted by atomic mass is 10.1. The Kier molecular flexibility index (Phi) is 7.04. The predicted octanol–water partition coefficient (Wildman–Crippen LogP) is 4.07. The third-order valence-corrected chi connectivity index (χ3v) is 5.54. The Morgan fingerprint density at radius 2 is 2.06 bits per heavy atom. The molecule has 0 bridgehead atoms. The topological polar surface area (TPSA) is 83.9 Å². The van der Waals surface area contributed by atoms with Crippen LogP contribution in [0.3, 0.4) is 0 Å². The van der Waals surface area contributed by atoms with Crippen molar-refractivity contribution in [3.63, 3.8) is 0 Å². The van der Waals surface area contributed by atoms with Gasteiger partial charge in [0.1, 0.15) is 0 Å². The average Bonchev–Trinajstić information content (AvgIpc) is 3.28. The van der Waals surface area contributed by atoms with Crippen LogP contribution in [0.2, 0.25) is 5.02 Å². The first-order valence-corrected chi connectivity index (χ1v) is 10.9. The van der Waals surface area contributed by atoms with Crippen LogP contribution in [0.25, 0.3) is 0 Å². The van der Waals surface area contributed by atoms with Crippen LogP contribution in [0.4, 0.5) is 5.95 Å². The summed E-state index contributed by atoms with van der Waals surface area (Å²) in [4.78, 5) is 32.3. The number of nitrogens with zero attached hydrogens (tertiary/aromatic N) is 5. The van der Waals surface area contributed by atoms with Gasteiger partial charge in [0.25, 0.3) is 0 Å². The summed E-state index contributed by atoms with van der Waals surface area (Å²) in [6.45, 7) is 1.42. The van der Waals surface area contributed by atoms with E-state index in [2.05, 4.69) is 20.3 Å². The zero-order valence-electron chi connectivity index (χ0n) is 17.2. The molecule has 1 atom stereocenters. The maximum atomic E-state index is 12.9. The number of anilines is 1. The van der Waals surface area contributed by atoms with Gasteiger partial charge in [-0.25, -0.2) is 9.97 Å². The van der Waals surface area contributed by atoms with Crippen molar-refractivity contribution < 1.29 is 4.79 Å². The molecule has 160 valence electrons. The van der Waals surface area contributed by atoms with Gasteiger partial charge in [0.2, 0.25) is 11.9 Å². The van der Waals surface area contributed by atoms with E-state index in [1.807, 2.05) is 29.2 Å². The highest BCUT2D eigenvalue weighted by Crippen LogP contribution is 2.31. The summed E-state index contributed by atoms with van der Waals surface area (Å²) >= 11 is 6.10. The molecule has 1 aliphatic heterocycles. The van der Waals surface area contributed by atoms with E-state index in [0.717, 1.165) is 42.8 Å². The Morgan fingerprint density at radius 1 is 1.19 bits per heavy atom. The van der Waals surface area contributed by atoms with Crippen LogP contribution in [-0.2, 0) is 11.2 Å². The fourth-order valence-electron chi connectivity index (χ4n) is 3.87. The number of carbonyl (C=O) groups excluding carboxylic acids is 1. The molecule has 8 heteroatoms. The third kappa shape index (κ3) is 5.76. The molecule has 1 N–H and O–H groups in total. The van der Waals surface area contributed by atoms with Crippen molar-refractivity contribution in [1.82, 2.24) is 24.8 Å².